The number of nitrogens with one attached hydrogen (secondary N) is 2. The molecule has 0 radical (unpaired) electrons. The highest BCUT2D eigenvalue weighted by atomic mass is 19.1. The molecule has 2 aromatic rings. The number of carbonyl (C=O) groups excluding carboxylic acids is 1. The number of hydrogen-bond donors (Lipinski definition) is 2. The number of rotatable bonds is 5. The van der Waals surface area contributed by atoms with Crippen LogP contribution in [0.2, 0.25) is 0 Å². The molecule has 1 aliphatic rings. The molecule has 1 aliphatic heterocycles. The number of nitrogens with zero attached hydrogens (tertiary/aromatic N) is 2. The number of H-pyrrole nitrogens is 1. The van der Waals surface area contributed by atoms with E-state index in [1.165, 1.54) is 12.4 Å². The molecule has 3 rings (SSSR count). The highest BCUT2D eigenvalue weighted by Crippen LogP contribution is 2.19. The van der Waals surface area contributed by atoms with Crippen molar-refractivity contribution in [1.29, 1.82) is 0 Å². The van der Waals surface area contributed by atoms with Gasteiger partial charge in [-0.05, 0) is 38.3 Å². The van der Waals surface area contributed by atoms with Crippen LogP contribution in [0.1, 0.15) is 34.6 Å². The maximum absolute atomic E-state index is 13.8. The second-order valence-electron chi connectivity index (χ2n) is 6.42. The van der Waals surface area contributed by atoms with E-state index in [0.717, 1.165) is 37.2 Å². The molecule has 1 atom stereocenters. The summed E-state index contributed by atoms with van der Waals surface area (Å²) >= 11 is 0. The standard InChI is InChI=1S/C18H23FN4O/c1-13-17(22-12-21-13)18(24)20-9-14-5-4-8-23(10-14)11-15-6-2-3-7-16(15)19/h2-3,6-7,12,14H,4-5,8-11H2,1H3,(H,20,24)(H,21,22)/t14-/m0/s1. The van der Waals surface area contributed by atoms with E-state index >= 15 is 0 Å². The zero-order chi connectivity index (χ0) is 16.9. The average Bonchev–Trinajstić information content (AvgIpc) is 3.01. The number of amides is 1. The first-order chi connectivity index (χ1) is 11.6. The minimum atomic E-state index is -0.151. The van der Waals surface area contributed by atoms with E-state index < -0.39 is 0 Å². The van der Waals surface area contributed by atoms with Gasteiger partial charge in [-0.3, -0.25) is 9.69 Å². The molecule has 1 amide bonds. The molecule has 2 N–H and O–H groups in total. The van der Waals surface area contributed by atoms with E-state index in [-0.39, 0.29) is 11.7 Å². The number of aryl methyl sites for hydroxylation is 1. The van der Waals surface area contributed by atoms with E-state index in [2.05, 4.69) is 20.2 Å². The van der Waals surface area contributed by atoms with Crippen molar-refractivity contribution in [2.75, 3.05) is 19.6 Å². The molecule has 1 fully saturated rings. The molecular formula is C18H23FN4O. The second-order valence-corrected chi connectivity index (χ2v) is 6.42. The van der Waals surface area contributed by atoms with Crippen molar-refractivity contribution in [3.8, 4) is 0 Å². The van der Waals surface area contributed by atoms with E-state index in [4.69, 9.17) is 0 Å². The Morgan fingerprint density at radius 1 is 1.46 bits per heavy atom. The Bertz CT molecular complexity index is 700. The number of benzene rings is 1. The van der Waals surface area contributed by atoms with E-state index in [1.807, 2.05) is 19.1 Å². The fourth-order valence-electron chi connectivity index (χ4n) is 3.24. The molecule has 128 valence electrons. The van der Waals surface area contributed by atoms with Crippen LogP contribution in [0.4, 0.5) is 4.39 Å². The SMILES string of the molecule is Cc1[nH]cnc1C(=O)NC[C@@H]1CCCN(Cc2ccccc2F)C1. The summed E-state index contributed by atoms with van der Waals surface area (Å²) in [5, 5.41) is 2.97. The number of halogens is 1. The Hall–Kier alpha value is -2.21. The molecule has 5 nitrogen and oxygen atoms in total. The average molecular weight is 330 g/mol. The predicted molar refractivity (Wildman–Crippen MR) is 90.1 cm³/mol. The number of carbonyl (C=O) groups is 1. The Labute approximate surface area is 141 Å². The molecule has 2 heterocycles. The molecule has 24 heavy (non-hydrogen) atoms. The van der Waals surface area contributed by atoms with Crippen LogP contribution in [0.15, 0.2) is 30.6 Å². The Balaban J connectivity index is 1.51. The summed E-state index contributed by atoms with van der Waals surface area (Å²) in [6.45, 7) is 4.92. The summed E-state index contributed by atoms with van der Waals surface area (Å²) in [7, 11) is 0. The third-order valence-electron chi connectivity index (χ3n) is 4.55. The first-order valence-electron chi connectivity index (χ1n) is 8.37. The van der Waals surface area contributed by atoms with Gasteiger partial charge in [0.15, 0.2) is 0 Å². The smallest absolute Gasteiger partial charge is 0.271 e. The van der Waals surface area contributed by atoms with Crippen molar-refractivity contribution < 1.29 is 9.18 Å². The van der Waals surface area contributed by atoms with Crippen LogP contribution in [0, 0.1) is 18.7 Å². The number of hydrogen-bond acceptors (Lipinski definition) is 3. The van der Waals surface area contributed by atoms with Gasteiger partial charge in [-0.2, -0.15) is 0 Å². The first-order valence-corrected chi connectivity index (χ1v) is 8.37. The Kier molecular flexibility index (Phi) is 5.25. The zero-order valence-corrected chi connectivity index (χ0v) is 13.9. The van der Waals surface area contributed by atoms with Crippen LogP contribution < -0.4 is 5.32 Å². The van der Waals surface area contributed by atoms with Crippen LogP contribution in [0.5, 0.6) is 0 Å². The number of aromatic amines is 1. The van der Waals surface area contributed by atoms with Crippen molar-refractivity contribution >= 4 is 5.91 Å². The summed E-state index contributed by atoms with van der Waals surface area (Å²) in [5.74, 6) is 0.0932. The minimum absolute atomic E-state index is 0.139. The van der Waals surface area contributed by atoms with Crippen molar-refractivity contribution in [2.45, 2.75) is 26.3 Å². The molecule has 6 heteroatoms. The van der Waals surface area contributed by atoms with Gasteiger partial charge < -0.3 is 10.3 Å². The number of imidazole rings is 1. The monoisotopic (exact) mass is 330 g/mol. The van der Waals surface area contributed by atoms with Crippen molar-refractivity contribution in [3.63, 3.8) is 0 Å². The third kappa shape index (κ3) is 4.00. The van der Waals surface area contributed by atoms with Gasteiger partial charge in [-0.15, -0.1) is 0 Å². The first kappa shape index (κ1) is 16.6. The van der Waals surface area contributed by atoms with Crippen LogP contribution in [0.3, 0.4) is 0 Å². The van der Waals surface area contributed by atoms with E-state index in [1.54, 1.807) is 6.07 Å². The summed E-state index contributed by atoms with van der Waals surface area (Å²) in [4.78, 5) is 21.3. The van der Waals surface area contributed by atoms with Gasteiger partial charge in [0.25, 0.3) is 5.91 Å². The van der Waals surface area contributed by atoms with Crippen LogP contribution >= 0.6 is 0 Å². The van der Waals surface area contributed by atoms with Gasteiger partial charge in [0.1, 0.15) is 11.5 Å². The lowest BCUT2D eigenvalue weighted by Crippen LogP contribution is -2.40. The Morgan fingerprint density at radius 2 is 2.29 bits per heavy atom. The van der Waals surface area contributed by atoms with Crippen molar-refractivity contribution in [3.05, 3.63) is 53.4 Å². The lowest BCUT2D eigenvalue weighted by molar-refractivity contribution is 0.0925. The van der Waals surface area contributed by atoms with Gasteiger partial charge in [0, 0.05) is 30.9 Å². The van der Waals surface area contributed by atoms with Crippen LogP contribution in [-0.2, 0) is 6.54 Å². The minimum Gasteiger partial charge on any atom is -0.350 e. The number of piperidine rings is 1. The third-order valence-corrected chi connectivity index (χ3v) is 4.55. The van der Waals surface area contributed by atoms with Crippen LogP contribution in [0.25, 0.3) is 0 Å². The Morgan fingerprint density at radius 3 is 3.04 bits per heavy atom. The largest absolute Gasteiger partial charge is 0.350 e. The van der Waals surface area contributed by atoms with Gasteiger partial charge in [-0.25, -0.2) is 9.37 Å². The molecule has 0 bridgehead atoms. The lowest BCUT2D eigenvalue weighted by Gasteiger charge is -2.32. The number of aromatic nitrogens is 2. The van der Waals surface area contributed by atoms with Crippen molar-refractivity contribution in [1.82, 2.24) is 20.2 Å². The molecule has 0 unspecified atom stereocenters. The summed E-state index contributed by atoms with van der Waals surface area (Å²) in [6.07, 6.45) is 3.67. The van der Waals surface area contributed by atoms with Gasteiger partial charge in [-0.1, -0.05) is 18.2 Å². The van der Waals surface area contributed by atoms with E-state index in [0.29, 0.717) is 24.7 Å². The maximum atomic E-state index is 13.8. The lowest BCUT2D eigenvalue weighted by atomic mass is 9.97. The van der Waals surface area contributed by atoms with E-state index in [9.17, 15) is 9.18 Å². The fraction of sp³-hybridized carbons (Fsp3) is 0.444. The molecule has 1 aromatic carbocycles. The van der Waals surface area contributed by atoms with Crippen LogP contribution in [-0.4, -0.2) is 40.4 Å². The molecule has 1 aromatic heterocycles. The fourth-order valence-corrected chi connectivity index (χ4v) is 3.24. The van der Waals surface area contributed by atoms with Gasteiger partial charge >= 0.3 is 0 Å². The predicted octanol–water partition coefficient (Wildman–Crippen LogP) is 2.50. The molecule has 1 saturated heterocycles. The summed E-state index contributed by atoms with van der Waals surface area (Å²) < 4.78 is 13.8. The summed E-state index contributed by atoms with van der Waals surface area (Å²) in [6, 6.07) is 6.92. The second kappa shape index (κ2) is 7.57. The quantitative estimate of drug-likeness (QED) is 0.885. The highest BCUT2D eigenvalue weighted by Gasteiger charge is 2.22. The summed E-state index contributed by atoms with van der Waals surface area (Å²) in [5.41, 5.74) is 1.96. The molecule has 0 spiro atoms. The molecule has 0 aliphatic carbocycles. The normalized spacial score (nSPS) is 18.5. The molecule has 0 saturated carbocycles. The molecular weight excluding hydrogens is 307 g/mol. The maximum Gasteiger partial charge on any atom is 0.271 e. The topological polar surface area (TPSA) is 61.0 Å². The van der Waals surface area contributed by atoms with Crippen molar-refractivity contribution in [2.24, 2.45) is 5.92 Å². The van der Waals surface area contributed by atoms with Gasteiger partial charge in [0.2, 0.25) is 0 Å². The number of likely N-dealkylation sites (tertiary alicyclic amines) is 1. The van der Waals surface area contributed by atoms with Gasteiger partial charge in [0.05, 0.1) is 6.33 Å². The zero-order valence-electron chi connectivity index (χ0n) is 13.9. The highest BCUT2D eigenvalue weighted by molar-refractivity contribution is 5.93.